The Hall–Kier alpha value is -0.840. The Labute approximate surface area is 95.7 Å². The van der Waals surface area contributed by atoms with E-state index in [9.17, 15) is 0 Å². The maximum atomic E-state index is 5.59. The summed E-state index contributed by atoms with van der Waals surface area (Å²) in [6.07, 6.45) is 5.42. The minimum absolute atomic E-state index is 0.255. The van der Waals surface area contributed by atoms with E-state index in [-0.39, 0.29) is 6.10 Å². The van der Waals surface area contributed by atoms with Gasteiger partial charge in [0, 0.05) is 18.7 Å². The summed E-state index contributed by atoms with van der Waals surface area (Å²) in [5, 5.41) is 0. The topological polar surface area (TPSA) is 57.6 Å². The summed E-state index contributed by atoms with van der Waals surface area (Å²) in [5.74, 6) is 0.832. The van der Waals surface area contributed by atoms with Crippen molar-refractivity contribution in [1.29, 1.82) is 0 Å². The summed E-state index contributed by atoms with van der Waals surface area (Å²) < 4.78 is 16.5. The first-order chi connectivity index (χ1) is 7.90. The van der Waals surface area contributed by atoms with E-state index >= 15 is 0 Å². The van der Waals surface area contributed by atoms with Gasteiger partial charge in [-0.05, 0) is 25.3 Å². The highest BCUT2D eigenvalue weighted by atomic mass is 16.5. The highest BCUT2D eigenvalue weighted by molar-refractivity contribution is 5.15. The van der Waals surface area contributed by atoms with Crippen molar-refractivity contribution in [2.24, 2.45) is 5.73 Å². The molecule has 0 spiro atoms. The van der Waals surface area contributed by atoms with E-state index in [1.54, 1.807) is 6.26 Å². The normalized spacial score (nSPS) is 21.2. The van der Waals surface area contributed by atoms with Crippen LogP contribution in [-0.2, 0) is 22.6 Å². The lowest BCUT2D eigenvalue weighted by molar-refractivity contribution is -0.0473. The standard InChI is InChI=1S/C12H19NO3/c13-7-10-4-6-16-12(10)9-14-8-11-3-1-2-5-15-11/h4,6,11H,1-3,5,7-9,13H2. The molecule has 0 radical (unpaired) electrons. The second-order valence-electron chi connectivity index (χ2n) is 4.08. The van der Waals surface area contributed by atoms with Crippen LogP contribution in [0.4, 0.5) is 0 Å². The quantitative estimate of drug-likeness (QED) is 0.830. The van der Waals surface area contributed by atoms with Gasteiger partial charge < -0.3 is 19.6 Å². The molecule has 1 saturated heterocycles. The van der Waals surface area contributed by atoms with Gasteiger partial charge in [0.25, 0.3) is 0 Å². The maximum Gasteiger partial charge on any atom is 0.133 e. The maximum absolute atomic E-state index is 5.59. The van der Waals surface area contributed by atoms with E-state index in [1.807, 2.05) is 6.07 Å². The zero-order chi connectivity index (χ0) is 11.2. The molecule has 0 aliphatic carbocycles. The van der Waals surface area contributed by atoms with Crippen LogP contribution in [0, 0.1) is 0 Å². The molecule has 1 aromatic rings. The first kappa shape index (κ1) is 11.6. The molecule has 1 aromatic heterocycles. The molecule has 90 valence electrons. The molecule has 0 amide bonds. The molecule has 1 aliphatic heterocycles. The fourth-order valence-electron chi connectivity index (χ4n) is 1.90. The van der Waals surface area contributed by atoms with Gasteiger partial charge in [0.1, 0.15) is 12.4 Å². The largest absolute Gasteiger partial charge is 0.467 e. The van der Waals surface area contributed by atoms with Gasteiger partial charge >= 0.3 is 0 Å². The molecular weight excluding hydrogens is 206 g/mol. The molecule has 0 bridgehead atoms. The Morgan fingerprint density at radius 1 is 1.44 bits per heavy atom. The number of hydrogen-bond donors (Lipinski definition) is 1. The molecule has 1 unspecified atom stereocenters. The van der Waals surface area contributed by atoms with Crippen LogP contribution >= 0.6 is 0 Å². The molecule has 1 atom stereocenters. The summed E-state index contributed by atoms with van der Waals surface area (Å²) in [6.45, 7) is 2.49. The summed E-state index contributed by atoms with van der Waals surface area (Å²) in [7, 11) is 0. The Morgan fingerprint density at radius 3 is 3.12 bits per heavy atom. The Kier molecular flexibility index (Phi) is 4.39. The van der Waals surface area contributed by atoms with Crippen LogP contribution in [0.15, 0.2) is 16.7 Å². The second kappa shape index (κ2) is 6.03. The lowest BCUT2D eigenvalue weighted by Gasteiger charge is -2.22. The van der Waals surface area contributed by atoms with Crippen LogP contribution in [0.5, 0.6) is 0 Å². The third-order valence-corrected chi connectivity index (χ3v) is 2.87. The minimum atomic E-state index is 0.255. The van der Waals surface area contributed by atoms with Crippen molar-refractivity contribution in [2.75, 3.05) is 13.2 Å². The van der Waals surface area contributed by atoms with E-state index in [4.69, 9.17) is 19.6 Å². The minimum Gasteiger partial charge on any atom is -0.467 e. The van der Waals surface area contributed by atoms with Crippen LogP contribution in [-0.4, -0.2) is 19.3 Å². The molecule has 2 N–H and O–H groups in total. The monoisotopic (exact) mass is 225 g/mol. The number of hydrogen-bond acceptors (Lipinski definition) is 4. The van der Waals surface area contributed by atoms with E-state index in [0.29, 0.717) is 19.8 Å². The predicted octanol–water partition coefficient (Wildman–Crippen LogP) is 1.82. The number of rotatable bonds is 5. The summed E-state index contributed by atoms with van der Waals surface area (Å²) in [4.78, 5) is 0. The van der Waals surface area contributed by atoms with Gasteiger partial charge in [-0.25, -0.2) is 0 Å². The van der Waals surface area contributed by atoms with E-state index in [2.05, 4.69) is 0 Å². The molecule has 16 heavy (non-hydrogen) atoms. The number of ether oxygens (including phenoxy) is 2. The highest BCUT2D eigenvalue weighted by Crippen LogP contribution is 2.15. The van der Waals surface area contributed by atoms with Crippen LogP contribution in [0.3, 0.4) is 0 Å². The zero-order valence-electron chi connectivity index (χ0n) is 9.48. The van der Waals surface area contributed by atoms with Crippen molar-refractivity contribution in [3.63, 3.8) is 0 Å². The molecule has 1 fully saturated rings. The highest BCUT2D eigenvalue weighted by Gasteiger charge is 2.14. The lowest BCUT2D eigenvalue weighted by atomic mass is 10.1. The third kappa shape index (κ3) is 3.07. The van der Waals surface area contributed by atoms with E-state index < -0.39 is 0 Å². The summed E-state index contributed by atoms with van der Waals surface area (Å²) >= 11 is 0. The second-order valence-corrected chi connectivity index (χ2v) is 4.08. The van der Waals surface area contributed by atoms with Crippen LogP contribution in [0.25, 0.3) is 0 Å². The van der Waals surface area contributed by atoms with Crippen molar-refractivity contribution in [2.45, 2.75) is 38.5 Å². The molecular formula is C12H19NO3. The van der Waals surface area contributed by atoms with Crippen molar-refractivity contribution in [3.8, 4) is 0 Å². The average molecular weight is 225 g/mol. The zero-order valence-corrected chi connectivity index (χ0v) is 9.48. The first-order valence-electron chi connectivity index (χ1n) is 5.85. The Morgan fingerprint density at radius 2 is 2.38 bits per heavy atom. The molecule has 0 saturated carbocycles. The number of furan rings is 1. The van der Waals surface area contributed by atoms with E-state index in [0.717, 1.165) is 24.4 Å². The molecule has 1 aliphatic rings. The number of nitrogens with two attached hydrogens (primary N) is 1. The van der Waals surface area contributed by atoms with Gasteiger partial charge in [0.2, 0.25) is 0 Å². The molecule has 2 rings (SSSR count). The van der Waals surface area contributed by atoms with Crippen molar-refractivity contribution in [1.82, 2.24) is 0 Å². The van der Waals surface area contributed by atoms with Crippen LogP contribution < -0.4 is 5.73 Å². The SMILES string of the molecule is NCc1ccoc1COCC1CCCCO1. The average Bonchev–Trinajstić information content (AvgIpc) is 2.78. The lowest BCUT2D eigenvalue weighted by Crippen LogP contribution is -2.24. The summed E-state index contributed by atoms with van der Waals surface area (Å²) in [5.41, 5.74) is 6.59. The molecule has 4 heteroatoms. The molecule has 0 aromatic carbocycles. The van der Waals surface area contributed by atoms with Crippen molar-refractivity contribution >= 4 is 0 Å². The van der Waals surface area contributed by atoms with Crippen molar-refractivity contribution in [3.05, 3.63) is 23.7 Å². The van der Waals surface area contributed by atoms with Gasteiger partial charge in [-0.1, -0.05) is 0 Å². The fourth-order valence-corrected chi connectivity index (χ4v) is 1.90. The van der Waals surface area contributed by atoms with Gasteiger partial charge in [-0.15, -0.1) is 0 Å². The van der Waals surface area contributed by atoms with Crippen LogP contribution in [0.1, 0.15) is 30.6 Å². The third-order valence-electron chi connectivity index (χ3n) is 2.87. The van der Waals surface area contributed by atoms with Crippen LogP contribution in [0.2, 0.25) is 0 Å². The van der Waals surface area contributed by atoms with Gasteiger partial charge in [0.05, 0.1) is 19.0 Å². The van der Waals surface area contributed by atoms with Gasteiger partial charge in [0.15, 0.2) is 0 Å². The smallest absolute Gasteiger partial charge is 0.133 e. The fraction of sp³-hybridized carbons (Fsp3) is 0.667. The Bertz CT molecular complexity index is 305. The molecule has 2 heterocycles. The van der Waals surface area contributed by atoms with Gasteiger partial charge in [-0.2, -0.15) is 0 Å². The first-order valence-corrected chi connectivity index (χ1v) is 5.85. The van der Waals surface area contributed by atoms with Crippen molar-refractivity contribution < 1.29 is 13.9 Å². The predicted molar refractivity (Wildman–Crippen MR) is 59.8 cm³/mol. The Balaban J connectivity index is 1.71. The van der Waals surface area contributed by atoms with Gasteiger partial charge in [-0.3, -0.25) is 0 Å². The summed E-state index contributed by atoms with van der Waals surface area (Å²) in [6, 6.07) is 1.88. The molecule has 4 nitrogen and oxygen atoms in total. The van der Waals surface area contributed by atoms with E-state index in [1.165, 1.54) is 12.8 Å².